The van der Waals surface area contributed by atoms with Crippen LogP contribution in [0.5, 0.6) is 0 Å². The summed E-state index contributed by atoms with van der Waals surface area (Å²) in [6, 6.07) is 11.7. The number of nitrogens with zero attached hydrogens (tertiary/aromatic N) is 4. The largest absolute Gasteiger partial charge is 0.369 e. The predicted molar refractivity (Wildman–Crippen MR) is 134 cm³/mol. The SMILES string of the molecule is Cc1ccc(-c2nn(C)c(=O)c3c2CCCC3)cc1S(=O)(=O)N1CCN(c2ccc(F)cc2)CC1. The molecule has 1 aliphatic heterocycles. The molecule has 1 aliphatic carbocycles. The van der Waals surface area contributed by atoms with Gasteiger partial charge in [-0.2, -0.15) is 9.40 Å². The van der Waals surface area contributed by atoms with Crippen LogP contribution in [0.15, 0.2) is 52.2 Å². The van der Waals surface area contributed by atoms with Crippen molar-refractivity contribution in [3.05, 3.63) is 75.3 Å². The van der Waals surface area contributed by atoms with Gasteiger partial charge in [-0.15, -0.1) is 0 Å². The first-order valence-electron chi connectivity index (χ1n) is 12.0. The first-order valence-corrected chi connectivity index (χ1v) is 13.4. The molecule has 0 saturated carbocycles. The van der Waals surface area contributed by atoms with Gasteiger partial charge >= 0.3 is 0 Å². The highest BCUT2D eigenvalue weighted by molar-refractivity contribution is 7.89. The number of rotatable bonds is 4. The van der Waals surface area contributed by atoms with E-state index in [4.69, 9.17) is 0 Å². The fraction of sp³-hybridized carbons (Fsp3) is 0.385. The second-order valence-electron chi connectivity index (χ2n) is 9.29. The van der Waals surface area contributed by atoms with Crippen molar-refractivity contribution in [3.63, 3.8) is 0 Å². The van der Waals surface area contributed by atoms with Crippen molar-refractivity contribution in [2.24, 2.45) is 7.05 Å². The van der Waals surface area contributed by atoms with Gasteiger partial charge < -0.3 is 4.90 Å². The Balaban J connectivity index is 1.45. The number of hydrogen-bond donors (Lipinski definition) is 0. The second-order valence-corrected chi connectivity index (χ2v) is 11.2. The summed E-state index contributed by atoms with van der Waals surface area (Å²) < 4.78 is 43.5. The Morgan fingerprint density at radius 1 is 0.914 bits per heavy atom. The van der Waals surface area contributed by atoms with Crippen LogP contribution < -0.4 is 10.5 Å². The van der Waals surface area contributed by atoms with Crippen molar-refractivity contribution in [2.45, 2.75) is 37.5 Å². The molecule has 9 heteroatoms. The van der Waals surface area contributed by atoms with Crippen molar-refractivity contribution >= 4 is 15.7 Å². The molecule has 0 spiro atoms. The smallest absolute Gasteiger partial charge is 0.269 e. The summed E-state index contributed by atoms with van der Waals surface area (Å²) in [6.45, 7) is 3.54. The van der Waals surface area contributed by atoms with Crippen LogP contribution in [0.2, 0.25) is 0 Å². The maximum absolute atomic E-state index is 13.7. The van der Waals surface area contributed by atoms with E-state index >= 15 is 0 Å². The van der Waals surface area contributed by atoms with Crippen LogP contribution in [0, 0.1) is 12.7 Å². The molecule has 1 fully saturated rings. The predicted octanol–water partition coefficient (Wildman–Crippen LogP) is 3.28. The summed E-state index contributed by atoms with van der Waals surface area (Å²) in [7, 11) is -2.08. The van der Waals surface area contributed by atoms with Crippen molar-refractivity contribution in [3.8, 4) is 11.3 Å². The molecule has 3 aromatic rings. The Morgan fingerprint density at radius 2 is 1.57 bits per heavy atom. The van der Waals surface area contributed by atoms with Crippen molar-refractivity contribution in [1.82, 2.24) is 14.1 Å². The van der Waals surface area contributed by atoms with Crippen LogP contribution >= 0.6 is 0 Å². The van der Waals surface area contributed by atoms with E-state index in [2.05, 4.69) is 10.00 Å². The van der Waals surface area contributed by atoms with E-state index in [0.29, 0.717) is 43.0 Å². The zero-order valence-corrected chi connectivity index (χ0v) is 20.8. The molecule has 1 saturated heterocycles. The Kier molecular flexibility index (Phi) is 6.23. The van der Waals surface area contributed by atoms with Gasteiger partial charge in [-0.3, -0.25) is 4.79 Å². The van der Waals surface area contributed by atoms with Gasteiger partial charge in [0.1, 0.15) is 5.82 Å². The lowest BCUT2D eigenvalue weighted by molar-refractivity contribution is 0.384. The third kappa shape index (κ3) is 4.38. The highest BCUT2D eigenvalue weighted by Gasteiger charge is 2.30. The first-order chi connectivity index (χ1) is 16.8. The quantitative estimate of drug-likeness (QED) is 0.554. The number of sulfonamides is 1. The summed E-state index contributed by atoms with van der Waals surface area (Å²) in [4.78, 5) is 14.9. The molecule has 0 unspecified atom stereocenters. The number of piperazine rings is 1. The maximum Gasteiger partial charge on any atom is 0.269 e. The lowest BCUT2D eigenvalue weighted by Crippen LogP contribution is -2.48. The molecule has 2 heterocycles. The molecule has 0 amide bonds. The fourth-order valence-electron chi connectivity index (χ4n) is 5.09. The number of fused-ring (bicyclic) bond motifs is 1. The van der Waals surface area contributed by atoms with Crippen molar-refractivity contribution in [2.75, 3.05) is 31.1 Å². The summed E-state index contributed by atoms with van der Waals surface area (Å²) in [5.41, 5.74) is 4.64. The molecule has 184 valence electrons. The van der Waals surface area contributed by atoms with E-state index in [-0.39, 0.29) is 16.3 Å². The standard InChI is InChI=1S/C26H29FN4O3S/c1-18-7-8-19(25-22-5-3-4-6-23(22)26(32)29(2)28-25)17-24(18)35(33,34)31-15-13-30(14-16-31)21-11-9-20(27)10-12-21/h7-12,17H,3-6,13-16H2,1-2H3. The molecule has 0 N–H and O–H groups in total. The highest BCUT2D eigenvalue weighted by atomic mass is 32.2. The first kappa shape index (κ1) is 23.7. The van der Waals surface area contributed by atoms with Gasteiger partial charge in [0.2, 0.25) is 10.0 Å². The lowest BCUT2D eigenvalue weighted by Gasteiger charge is -2.35. The average molecular weight is 497 g/mol. The number of aromatic nitrogens is 2. The third-order valence-corrected chi connectivity index (χ3v) is 9.11. The van der Waals surface area contributed by atoms with Crippen molar-refractivity contribution in [1.29, 1.82) is 0 Å². The molecule has 0 radical (unpaired) electrons. The second kappa shape index (κ2) is 9.20. The molecule has 0 atom stereocenters. The molecular formula is C26H29FN4O3S. The Bertz CT molecular complexity index is 1430. The number of anilines is 1. The van der Waals surface area contributed by atoms with Crippen LogP contribution in [-0.2, 0) is 29.9 Å². The minimum Gasteiger partial charge on any atom is -0.369 e. The Morgan fingerprint density at radius 3 is 2.26 bits per heavy atom. The van der Waals surface area contributed by atoms with E-state index in [0.717, 1.165) is 42.5 Å². The molecule has 5 rings (SSSR count). The van der Waals surface area contributed by atoms with Gasteiger partial charge in [-0.1, -0.05) is 12.1 Å². The van der Waals surface area contributed by atoms with Gasteiger partial charge in [0.25, 0.3) is 5.56 Å². The van der Waals surface area contributed by atoms with Crippen LogP contribution in [0.1, 0.15) is 29.5 Å². The van der Waals surface area contributed by atoms with Gasteiger partial charge in [-0.25, -0.2) is 17.5 Å². The number of benzene rings is 2. The minimum absolute atomic E-state index is 0.0672. The maximum atomic E-state index is 13.7. The summed E-state index contributed by atoms with van der Waals surface area (Å²) in [5, 5.41) is 4.53. The monoisotopic (exact) mass is 496 g/mol. The topological polar surface area (TPSA) is 75.5 Å². The van der Waals surface area contributed by atoms with Gasteiger partial charge in [0, 0.05) is 50.0 Å². The van der Waals surface area contributed by atoms with E-state index < -0.39 is 10.0 Å². The van der Waals surface area contributed by atoms with E-state index in [1.807, 2.05) is 12.1 Å². The number of hydrogen-bond acceptors (Lipinski definition) is 5. The average Bonchev–Trinajstić information content (AvgIpc) is 2.87. The van der Waals surface area contributed by atoms with Gasteiger partial charge in [0.05, 0.1) is 10.6 Å². The molecular weight excluding hydrogens is 467 g/mol. The number of aryl methyl sites for hydroxylation is 2. The zero-order chi connectivity index (χ0) is 24.7. The number of halogens is 1. The van der Waals surface area contributed by atoms with Crippen LogP contribution in [0.25, 0.3) is 11.3 Å². The fourth-order valence-corrected chi connectivity index (χ4v) is 6.76. The van der Waals surface area contributed by atoms with E-state index in [1.54, 1.807) is 32.2 Å². The zero-order valence-electron chi connectivity index (χ0n) is 20.0. The lowest BCUT2D eigenvalue weighted by atomic mass is 9.89. The normalized spacial score (nSPS) is 16.8. The molecule has 2 aromatic carbocycles. The third-order valence-electron chi connectivity index (χ3n) is 7.07. The molecule has 0 bridgehead atoms. The van der Waals surface area contributed by atoms with Crippen LogP contribution in [0.4, 0.5) is 10.1 Å². The molecule has 1 aromatic heterocycles. The summed E-state index contributed by atoms with van der Waals surface area (Å²) in [5.74, 6) is -0.292. The van der Waals surface area contributed by atoms with E-state index in [1.165, 1.54) is 21.1 Å². The van der Waals surface area contributed by atoms with Crippen LogP contribution in [-0.4, -0.2) is 48.7 Å². The minimum atomic E-state index is -3.72. The Labute approximate surface area is 204 Å². The Hall–Kier alpha value is -3.04. The molecule has 7 nitrogen and oxygen atoms in total. The summed E-state index contributed by atoms with van der Waals surface area (Å²) >= 11 is 0. The molecule has 2 aliphatic rings. The van der Waals surface area contributed by atoms with Gasteiger partial charge in [0.15, 0.2) is 0 Å². The van der Waals surface area contributed by atoms with Crippen molar-refractivity contribution < 1.29 is 12.8 Å². The van der Waals surface area contributed by atoms with E-state index in [9.17, 15) is 17.6 Å². The van der Waals surface area contributed by atoms with Crippen LogP contribution in [0.3, 0.4) is 0 Å². The van der Waals surface area contributed by atoms with Gasteiger partial charge in [-0.05, 0) is 74.1 Å². The highest BCUT2D eigenvalue weighted by Crippen LogP contribution is 2.32. The molecule has 35 heavy (non-hydrogen) atoms. The summed E-state index contributed by atoms with van der Waals surface area (Å²) in [6.07, 6.45) is 3.47.